The van der Waals surface area contributed by atoms with Crippen molar-refractivity contribution in [2.24, 2.45) is 5.73 Å². The van der Waals surface area contributed by atoms with Crippen molar-refractivity contribution in [3.63, 3.8) is 0 Å². The lowest BCUT2D eigenvalue weighted by Gasteiger charge is -2.21. The number of aryl methyl sites for hydroxylation is 2. The number of nitrogens with two attached hydrogens (primary N) is 1. The third-order valence-electron chi connectivity index (χ3n) is 3.94. The second kappa shape index (κ2) is 5.77. The molecule has 4 heteroatoms. The van der Waals surface area contributed by atoms with Gasteiger partial charge in [0.1, 0.15) is 0 Å². The van der Waals surface area contributed by atoms with Crippen molar-refractivity contribution in [3.05, 3.63) is 62.2 Å². The summed E-state index contributed by atoms with van der Waals surface area (Å²) in [6.45, 7) is 2.10. The van der Waals surface area contributed by atoms with Crippen LogP contribution in [-0.4, -0.2) is 5.91 Å². The molecule has 1 unspecified atom stereocenters. The molecule has 2 aromatic carbocycles. The van der Waals surface area contributed by atoms with Crippen LogP contribution in [0.15, 0.2) is 36.4 Å². The molecule has 0 fully saturated rings. The van der Waals surface area contributed by atoms with Crippen molar-refractivity contribution < 1.29 is 4.79 Å². The number of hydrogen-bond donors (Lipinski definition) is 2. The van der Waals surface area contributed by atoms with Gasteiger partial charge >= 0.3 is 0 Å². The van der Waals surface area contributed by atoms with Crippen LogP contribution in [0, 0.1) is 10.5 Å². The van der Waals surface area contributed by atoms with E-state index in [1.165, 1.54) is 14.7 Å². The van der Waals surface area contributed by atoms with Gasteiger partial charge in [-0.3, -0.25) is 4.79 Å². The molecule has 21 heavy (non-hydrogen) atoms. The fourth-order valence-corrected chi connectivity index (χ4v) is 3.38. The number of anilines is 1. The van der Waals surface area contributed by atoms with Crippen molar-refractivity contribution in [1.29, 1.82) is 0 Å². The van der Waals surface area contributed by atoms with Gasteiger partial charge in [0.2, 0.25) is 5.91 Å². The van der Waals surface area contributed by atoms with Crippen LogP contribution in [0.1, 0.15) is 34.7 Å². The van der Waals surface area contributed by atoms with Gasteiger partial charge in [-0.1, -0.05) is 30.3 Å². The molecule has 0 radical (unpaired) electrons. The van der Waals surface area contributed by atoms with E-state index in [9.17, 15) is 4.79 Å². The van der Waals surface area contributed by atoms with Crippen LogP contribution >= 0.6 is 22.6 Å². The topological polar surface area (TPSA) is 55.1 Å². The highest BCUT2D eigenvalue weighted by Gasteiger charge is 2.18. The second-order valence-corrected chi connectivity index (χ2v) is 6.50. The molecule has 0 bridgehead atoms. The molecule has 1 heterocycles. The molecule has 1 amide bonds. The first kappa shape index (κ1) is 14.5. The quantitative estimate of drug-likeness (QED) is 0.769. The van der Waals surface area contributed by atoms with E-state index >= 15 is 0 Å². The van der Waals surface area contributed by atoms with Gasteiger partial charge in [0.15, 0.2) is 0 Å². The minimum atomic E-state index is -0.139. The zero-order valence-electron chi connectivity index (χ0n) is 11.8. The van der Waals surface area contributed by atoms with E-state index in [-0.39, 0.29) is 11.9 Å². The minimum Gasteiger partial charge on any atom is -0.326 e. The Morgan fingerprint density at radius 1 is 1.24 bits per heavy atom. The van der Waals surface area contributed by atoms with E-state index in [4.69, 9.17) is 5.73 Å². The Bertz CT molecular complexity index is 712. The Morgan fingerprint density at radius 3 is 2.86 bits per heavy atom. The monoisotopic (exact) mass is 392 g/mol. The van der Waals surface area contributed by atoms with Crippen molar-refractivity contribution in [3.8, 4) is 0 Å². The minimum absolute atomic E-state index is 0.0905. The van der Waals surface area contributed by atoms with Crippen LogP contribution in [0.2, 0.25) is 0 Å². The van der Waals surface area contributed by atoms with Gasteiger partial charge in [0.25, 0.3) is 0 Å². The van der Waals surface area contributed by atoms with E-state index in [0.29, 0.717) is 6.42 Å². The molecule has 1 aliphatic rings. The number of carbonyl (C=O) groups excluding carboxylic acids is 1. The number of hydrogen-bond acceptors (Lipinski definition) is 2. The highest BCUT2D eigenvalue weighted by atomic mass is 127. The van der Waals surface area contributed by atoms with Gasteiger partial charge in [-0.25, -0.2) is 0 Å². The van der Waals surface area contributed by atoms with Crippen molar-refractivity contribution in [1.82, 2.24) is 0 Å². The summed E-state index contributed by atoms with van der Waals surface area (Å²) >= 11 is 2.36. The maximum Gasteiger partial charge on any atom is 0.224 e. The van der Waals surface area contributed by atoms with Crippen LogP contribution < -0.4 is 11.1 Å². The Hall–Kier alpha value is -1.40. The SMILES string of the molecule is Cc1cccc(C(N)c2ccc3c(c2)CCC(=O)N3)c1I. The van der Waals surface area contributed by atoms with Crippen LogP contribution in [0.4, 0.5) is 5.69 Å². The van der Waals surface area contributed by atoms with E-state index in [1.807, 2.05) is 18.2 Å². The Morgan fingerprint density at radius 2 is 2.05 bits per heavy atom. The lowest BCUT2D eigenvalue weighted by Crippen LogP contribution is -2.20. The first-order chi connectivity index (χ1) is 10.1. The largest absolute Gasteiger partial charge is 0.326 e. The average Bonchev–Trinajstić information content (AvgIpc) is 2.49. The fraction of sp³-hybridized carbons (Fsp3) is 0.235. The molecule has 2 aromatic rings. The number of benzene rings is 2. The molecule has 0 aromatic heterocycles. The lowest BCUT2D eigenvalue weighted by atomic mass is 9.93. The second-order valence-electron chi connectivity index (χ2n) is 5.42. The van der Waals surface area contributed by atoms with Crippen molar-refractivity contribution in [2.75, 3.05) is 5.32 Å². The maximum absolute atomic E-state index is 11.4. The Kier molecular flexibility index (Phi) is 3.99. The maximum atomic E-state index is 11.4. The molecule has 3 nitrogen and oxygen atoms in total. The number of fused-ring (bicyclic) bond motifs is 1. The number of amides is 1. The van der Waals surface area contributed by atoms with Gasteiger partial charge in [0, 0.05) is 15.7 Å². The molecular weight excluding hydrogens is 375 g/mol. The summed E-state index contributed by atoms with van der Waals surface area (Å²) in [6, 6.07) is 12.2. The molecule has 1 atom stereocenters. The molecule has 3 N–H and O–H groups in total. The van der Waals surface area contributed by atoms with Crippen LogP contribution in [0.25, 0.3) is 0 Å². The van der Waals surface area contributed by atoms with E-state index in [0.717, 1.165) is 23.2 Å². The van der Waals surface area contributed by atoms with Crippen LogP contribution in [-0.2, 0) is 11.2 Å². The van der Waals surface area contributed by atoms with Gasteiger partial charge in [-0.2, -0.15) is 0 Å². The van der Waals surface area contributed by atoms with Gasteiger partial charge in [0.05, 0.1) is 6.04 Å². The lowest BCUT2D eigenvalue weighted by molar-refractivity contribution is -0.116. The Labute approximate surface area is 138 Å². The first-order valence-electron chi connectivity index (χ1n) is 6.99. The highest BCUT2D eigenvalue weighted by Crippen LogP contribution is 2.30. The molecule has 0 aliphatic carbocycles. The normalized spacial score (nSPS) is 15.3. The van der Waals surface area contributed by atoms with E-state index in [1.54, 1.807) is 0 Å². The summed E-state index contributed by atoms with van der Waals surface area (Å²) < 4.78 is 1.22. The first-order valence-corrected chi connectivity index (χ1v) is 8.07. The van der Waals surface area contributed by atoms with Crippen LogP contribution in [0.3, 0.4) is 0 Å². The molecule has 0 spiro atoms. The third kappa shape index (κ3) is 2.82. The molecule has 0 saturated heterocycles. The molecule has 108 valence electrons. The van der Waals surface area contributed by atoms with Gasteiger partial charge in [-0.05, 0) is 64.3 Å². The molecule has 0 saturated carbocycles. The summed E-state index contributed by atoms with van der Waals surface area (Å²) in [4.78, 5) is 11.4. The fourth-order valence-electron chi connectivity index (χ4n) is 2.69. The zero-order valence-corrected chi connectivity index (χ0v) is 14.0. The van der Waals surface area contributed by atoms with Gasteiger partial charge in [-0.15, -0.1) is 0 Å². The summed E-state index contributed by atoms with van der Waals surface area (Å²) in [5.74, 6) is 0.0905. The third-order valence-corrected chi connectivity index (χ3v) is 5.41. The smallest absolute Gasteiger partial charge is 0.224 e. The van der Waals surface area contributed by atoms with Gasteiger partial charge < -0.3 is 11.1 Å². The number of rotatable bonds is 2. The standard InChI is InChI=1S/C17H17IN2O/c1-10-3-2-4-13(16(10)18)17(19)12-5-7-14-11(9-12)6-8-15(21)20-14/h2-5,7,9,17H,6,8,19H2,1H3,(H,20,21). The predicted octanol–water partition coefficient (Wildman–Crippen LogP) is 3.53. The van der Waals surface area contributed by atoms with Crippen LogP contribution in [0.5, 0.6) is 0 Å². The summed E-state index contributed by atoms with van der Waals surface area (Å²) in [5.41, 5.74) is 12.0. The summed E-state index contributed by atoms with van der Waals surface area (Å²) in [7, 11) is 0. The highest BCUT2D eigenvalue weighted by molar-refractivity contribution is 14.1. The molecule has 3 rings (SSSR count). The number of halogens is 1. The number of nitrogens with one attached hydrogen (secondary N) is 1. The van der Waals surface area contributed by atoms with E-state index in [2.05, 4.69) is 53.0 Å². The van der Waals surface area contributed by atoms with Crippen molar-refractivity contribution >= 4 is 34.2 Å². The number of carbonyl (C=O) groups is 1. The summed E-state index contributed by atoms with van der Waals surface area (Å²) in [5, 5.41) is 2.91. The van der Waals surface area contributed by atoms with E-state index < -0.39 is 0 Å². The zero-order chi connectivity index (χ0) is 15.0. The van der Waals surface area contributed by atoms with Crippen molar-refractivity contribution in [2.45, 2.75) is 25.8 Å². The summed E-state index contributed by atoms with van der Waals surface area (Å²) in [6.07, 6.45) is 1.33. The molecule has 1 aliphatic heterocycles. The predicted molar refractivity (Wildman–Crippen MR) is 93.3 cm³/mol. The Balaban J connectivity index is 1.97. The average molecular weight is 392 g/mol. The molecular formula is C17H17IN2O.